The number of ether oxygens (including phenoxy) is 1. The first-order valence-electron chi connectivity index (χ1n) is 7.57. The number of hydrogen-bond acceptors (Lipinski definition) is 4. The fourth-order valence-corrected chi connectivity index (χ4v) is 2.17. The number of aryl methyl sites for hydroxylation is 1. The van der Waals surface area contributed by atoms with Crippen molar-refractivity contribution in [1.29, 1.82) is 0 Å². The highest BCUT2D eigenvalue weighted by Gasteiger charge is 2.04. The summed E-state index contributed by atoms with van der Waals surface area (Å²) in [6.45, 7) is 6.16. The average molecular weight is 318 g/mol. The van der Waals surface area contributed by atoms with Crippen molar-refractivity contribution in [2.24, 2.45) is 5.10 Å². The topological polar surface area (TPSA) is 55.2 Å². The van der Waals surface area contributed by atoms with Crippen LogP contribution in [0.3, 0.4) is 0 Å². The van der Waals surface area contributed by atoms with Crippen LogP contribution in [0.1, 0.15) is 45.0 Å². The molecule has 0 saturated heterocycles. The van der Waals surface area contributed by atoms with Gasteiger partial charge >= 0.3 is 0 Å². The zero-order valence-electron chi connectivity index (χ0n) is 13.2. The molecule has 1 aromatic carbocycles. The van der Waals surface area contributed by atoms with Crippen LogP contribution in [0.2, 0.25) is 0 Å². The number of nitrogens with one attached hydrogen (secondary N) is 1. The standard InChI is InChI=1S/C16H22N4OS/c1-4-5-6-15-18-19-16(22)20(15)17-11-13-7-9-14(10-8-13)21-12(2)3/h7-12H,4-6H2,1-3H3,(H,19,22)/b17-11-. The van der Waals surface area contributed by atoms with Crippen molar-refractivity contribution in [1.82, 2.24) is 14.9 Å². The lowest BCUT2D eigenvalue weighted by Gasteiger charge is -2.09. The molecular weight excluding hydrogens is 296 g/mol. The number of rotatable bonds is 7. The second kappa shape index (κ2) is 7.89. The highest BCUT2D eigenvalue weighted by molar-refractivity contribution is 7.71. The van der Waals surface area contributed by atoms with Crippen molar-refractivity contribution in [3.63, 3.8) is 0 Å². The molecule has 1 N–H and O–H groups in total. The molecule has 0 bridgehead atoms. The number of benzene rings is 1. The van der Waals surface area contributed by atoms with Crippen molar-refractivity contribution in [2.75, 3.05) is 0 Å². The van der Waals surface area contributed by atoms with Crippen LogP contribution in [-0.4, -0.2) is 27.2 Å². The van der Waals surface area contributed by atoms with Crippen molar-refractivity contribution in [3.8, 4) is 5.75 Å². The SMILES string of the molecule is CCCCc1n[nH]c(=S)n1/N=C\c1ccc(OC(C)C)cc1. The van der Waals surface area contributed by atoms with Crippen LogP contribution in [0.25, 0.3) is 0 Å². The Morgan fingerprint density at radius 3 is 2.73 bits per heavy atom. The van der Waals surface area contributed by atoms with E-state index in [0.29, 0.717) is 4.77 Å². The summed E-state index contributed by atoms with van der Waals surface area (Å²) in [6.07, 6.45) is 4.99. The number of aromatic amines is 1. The number of unbranched alkanes of at least 4 members (excludes halogenated alkanes) is 1. The Morgan fingerprint density at radius 1 is 1.36 bits per heavy atom. The molecule has 0 aliphatic carbocycles. The van der Waals surface area contributed by atoms with Crippen molar-refractivity contribution in [3.05, 3.63) is 40.4 Å². The Bertz CT molecular complexity index is 670. The van der Waals surface area contributed by atoms with E-state index in [4.69, 9.17) is 17.0 Å². The fourth-order valence-electron chi connectivity index (χ4n) is 1.97. The third-order valence-corrected chi connectivity index (χ3v) is 3.31. The van der Waals surface area contributed by atoms with Crippen molar-refractivity contribution >= 4 is 18.4 Å². The second-order valence-corrected chi connectivity index (χ2v) is 5.73. The van der Waals surface area contributed by atoms with E-state index in [0.717, 1.165) is 36.4 Å². The Morgan fingerprint density at radius 2 is 2.09 bits per heavy atom. The number of H-pyrrole nitrogens is 1. The maximum atomic E-state index is 5.62. The lowest BCUT2D eigenvalue weighted by Crippen LogP contribution is -2.05. The summed E-state index contributed by atoms with van der Waals surface area (Å²) in [4.78, 5) is 0. The quantitative estimate of drug-likeness (QED) is 0.621. The minimum absolute atomic E-state index is 0.171. The summed E-state index contributed by atoms with van der Waals surface area (Å²) < 4.78 is 7.82. The molecule has 0 radical (unpaired) electrons. The zero-order chi connectivity index (χ0) is 15.9. The summed E-state index contributed by atoms with van der Waals surface area (Å²) >= 11 is 5.22. The molecule has 2 aromatic rings. The molecule has 118 valence electrons. The fraction of sp³-hybridized carbons (Fsp3) is 0.438. The Kier molecular flexibility index (Phi) is 5.89. The molecule has 6 heteroatoms. The Labute approximate surface area is 136 Å². The van der Waals surface area contributed by atoms with Crippen LogP contribution in [0.4, 0.5) is 0 Å². The maximum Gasteiger partial charge on any atom is 0.216 e. The summed E-state index contributed by atoms with van der Waals surface area (Å²) in [5.41, 5.74) is 0.987. The largest absolute Gasteiger partial charge is 0.491 e. The Balaban J connectivity index is 2.11. The van der Waals surface area contributed by atoms with Gasteiger partial charge in [0, 0.05) is 6.42 Å². The predicted molar refractivity (Wildman–Crippen MR) is 91.2 cm³/mol. The molecule has 1 heterocycles. The zero-order valence-corrected chi connectivity index (χ0v) is 14.1. The van der Waals surface area contributed by atoms with Gasteiger partial charge in [-0.25, -0.2) is 0 Å². The van der Waals surface area contributed by atoms with E-state index in [-0.39, 0.29) is 6.10 Å². The highest BCUT2D eigenvalue weighted by atomic mass is 32.1. The molecule has 0 fully saturated rings. The molecule has 0 unspecified atom stereocenters. The van der Waals surface area contributed by atoms with E-state index in [1.165, 1.54) is 0 Å². The molecule has 22 heavy (non-hydrogen) atoms. The third kappa shape index (κ3) is 4.53. The minimum Gasteiger partial charge on any atom is -0.491 e. The molecule has 0 saturated carbocycles. The van der Waals surface area contributed by atoms with Crippen LogP contribution in [-0.2, 0) is 6.42 Å². The smallest absolute Gasteiger partial charge is 0.216 e. The highest BCUT2D eigenvalue weighted by Crippen LogP contribution is 2.13. The molecule has 2 rings (SSSR count). The van der Waals surface area contributed by atoms with Crippen LogP contribution in [0, 0.1) is 4.77 Å². The van der Waals surface area contributed by atoms with E-state index in [9.17, 15) is 0 Å². The van der Waals surface area contributed by atoms with Crippen molar-refractivity contribution < 1.29 is 4.74 Å². The molecule has 0 amide bonds. The van der Waals surface area contributed by atoms with Gasteiger partial charge in [-0.1, -0.05) is 13.3 Å². The van der Waals surface area contributed by atoms with Crippen LogP contribution in [0.15, 0.2) is 29.4 Å². The monoisotopic (exact) mass is 318 g/mol. The van der Waals surface area contributed by atoms with E-state index in [1.54, 1.807) is 10.9 Å². The van der Waals surface area contributed by atoms with Crippen LogP contribution >= 0.6 is 12.2 Å². The van der Waals surface area contributed by atoms with Gasteiger partial charge < -0.3 is 4.74 Å². The first-order valence-corrected chi connectivity index (χ1v) is 7.98. The molecule has 0 aliphatic heterocycles. The molecular formula is C16H22N4OS. The summed E-state index contributed by atoms with van der Waals surface area (Å²) in [7, 11) is 0. The van der Waals surface area contributed by atoms with Gasteiger partial charge in [0.15, 0.2) is 5.82 Å². The van der Waals surface area contributed by atoms with E-state index in [1.807, 2.05) is 38.1 Å². The Hall–Kier alpha value is -1.95. The first-order chi connectivity index (χ1) is 10.6. The number of aromatic nitrogens is 3. The van der Waals surface area contributed by atoms with E-state index < -0.39 is 0 Å². The predicted octanol–water partition coefficient (Wildman–Crippen LogP) is 3.95. The van der Waals surface area contributed by atoms with Gasteiger partial charge in [-0.2, -0.15) is 14.9 Å². The van der Waals surface area contributed by atoms with Crippen LogP contribution < -0.4 is 4.74 Å². The number of nitrogens with zero attached hydrogens (tertiary/aromatic N) is 3. The molecule has 0 atom stereocenters. The molecule has 0 spiro atoms. The lowest BCUT2D eigenvalue weighted by molar-refractivity contribution is 0.242. The van der Waals surface area contributed by atoms with Gasteiger partial charge in [-0.15, -0.1) is 0 Å². The normalized spacial score (nSPS) is 11.5. The molecule has 0 aliphatic rings. The van der Waals surface area contributed by atoms with Gasteiger partial charge in [0.25, 0.3) is 0 Å². The van der Waals surface area contributed by atoms with Gasteiger partial charge in [0.1, 0.15) is 5.75 Å². The van der Waals surface area contributed by atoms with Crippen molar-refractivity contribution in [2.45, 2.75) is 46.1 Å². The summed E-state index contributed by atoms with van der Waals surface area (Å²) in [6, 6.07) is 7.81. The summed E-state index contributed by atoms with van der Waals surface area (Å²) in [5.74, 6) is 1.72. The first kappa shape index (κ1) is 16.4. The number of hydrogen-bond donors (Lipinski definition) is 1. The molecule has 1 aromatic heterocycles. The third-order valence-electron chi connectivity index (χ3n) is 3.05. The van der Waals surface area contributed by atoms with Gasteiger partial charge in [-0.3, -0.25) is 5.10 Å². The van der Waals surface area contributed by atoms with Gasteiger partial charge in [0.05, 0.1) is 12.3 Å². The maximum absolute atomic E-state index is 5.62. The minimum atomic E-state index is 0.171. The van der Waals surface area contributed by atoms with Crippen LogP contribution in [0.5, 0.6) is 5.75 Å². The van der Waals surface area contributed by atoms with Gasteiger partial charge in [-0.05, 0) is 62.3 Å². The average Bonchev–Trinajstić information content (AvgIpc) is 2.84. The lowest BCUT2D eigenvalue weighted by atomic mass is 10.2. The summed E-state index contributed by atoms with van der Waals surface area (Å²) in [5, 5.41) is 11.5. The van der Waals surface area contributed by atoms with E-state index in [2.05, 4.69) is 22.2 Å². The molecule has 5 nitrogen and oxygen atoms in total. The van der Waals surface area contributed by atoms with Gasteiger partial charge in [0.2, 0.25) is 4.77 Å². The van der Waals surface area contributed by atoms with E-state index >= 15 is 0 Å². The second-order valence-electron chi connectivity index (χ2n) is 5.34.